The summed E-state index contributed by atoms with van der Waals surface area (Å²) >= 11 is 3.74. The van der Waals surface area contributed by atoms with E-state index in [1.54, 1.807) is 31.4 Å². The second-order valence-corrected chi connectivity index (χ2v) is 38.9. The topological polar surface area (TPSA) is 170 Å². The summed E-state index contributed by atoms with van der Waals surface area (Å²) in [6.07, 6.45) is 2.95. The lowest BCUT2D eigenvalue weighted by Gasteiger charge is -2.47. The van der Waals surface area contributed by atoms with Crippen LogP contribution in [0.5, 0.6) is 0 Å². The Kier molecular flexibility index (Phi) is 19.7. The van der Waals surface area contributed by atoms with E-state index in [-0.39, 0.29) is 101 Å². The molecule has 19 heteroatoms. The average Bonchev–Trinajstić information content (AvgIpc) is 4.02. The number of ether oxygens (including phenoxy) is 8. The number of rotatable bonds is 24. The summed E-state index contributed by atoms with van der Waals surface area (Å²) in [7, 11) is -6.73. The molecule has 8 aliphatic rings. The van der Waals surface area contributed by atoms with Gasteiger partial charge in [-0.2, -0.15) is 8.42 Å². The molecule has 8 aliphatic heterocycles. The minimum Gasteiger partial charge on any atom is -0.414 e. The van der Waals surface area contributed by atoms with Crippen LogP contribution in [0.3, 0.4) is 0 Å². The molecule has 15 nitrogen and oxygen atoms in total. The molecule has 18 atom stereocenters. The summed E-state index contributed by atoms with van der Waals surface area (Å²) in [4.78, 5) is 26.4. The van der Waals surface area contributed by atoms with E-state index in [0.29, 0.717) is 62.5 Å². The highest BCUT2D eigenvalue weighted by molar-refractivity contribution is 9.11. The zero-order chi connectivity index (χ0) is 56.9. The molecule has 8 saturated heterocycles. The van der Waals surface area contributed by atoms with Crippen LogP contribution < -0.4 is 0 Å². The van der Waals surface area contributed by atoms with Gasteiger partial charge in [-0.05, 0) is 109 Å². The molecule has 0 spiro atoms. The average molecular weight is 1210 g/mol. The maximum atomic E-state index is 14.8. The van der Waals surface area contributed by atoms with Crippen molar-refractivity contribution in [2.75, 3.05) is 13.7 Å². The summed E-state index contributed by atoms with van der Waals surface area (Å²) in [5, 5.41) is -0.0266. The molecule has 1 unspecified atom stereocenters. The predicted octanol–water partition coefficient (Wildman–Crippen LogP) is 11.4. The Balaban J connectivity index is 0.984. The number of methoxy groups -OCH3 is 1. The standard InChI is InChI=1S/C59H93BrO15SSi2/c1-16-40(74-76(63,64)44-22-19-35(2)20-23-44)27-38(60)32-59-33-50-53(72-59)54-55(71-50)56(73-59)52-46(70-54)24-21-42(68-52)28-39(62)29-45-48(31-47-37(4)36(3)26-41(67-47)18-17-25-61)69-49(51(45)65-11)30-43(75-78(14,15)58(8,9)10)34-66-77(12,13)57(5,6)7/h19-20,22-23,25,32,36,40-43,45-56H,4,16-18,21,24,26-31,33-34H2,1-3,5-15H3/t36-,40?,41+,42-,43+,45+,46+,47-,48+,49-,50-,51-,52+,53+,54+,55-,56+,59-/m1/s1. The summed E-state index contributed by atoms with van der Waals surface area (Å²) < 4.78 is 102. The first kappa shape index (κ1) is 62.5. The number of benzene rings is 1. The predicted molar refractivity (Wildman–Crippen MR) is 306 cm³/mol. The van der Waals surface area contributed by atoms with Gasteiger partial charge in [0.25, 0.3) is 10.1 Å². The third kappa shape index (κ3) is 14.0. The van der Waals surface area contributed by atoms with Gasteiger partial charge in [0.15, 0.2) is 22.4 Å². The fourth-order valence-corrected chi connectivity index (χ4v) is 16.5. The lowest BCUT2D eigenvalue weighted by Crippen LogP contribution is -2.61. The van der Waals surface area contributed by atoms with Crippen LogP contribution in [0.4, 0.5) is 0 Å². The lowest BCUT2D eigenvalue weighted by molar-refractivity contribution is -0.278. The quantitative estimate of drug-likeness (QED) is 0.0414. The van der Waals surface area contributed by atoms with Crippen molar-refractivity contribution >= 4 is 54.8 Å². The maximum Gasteiger partial charge on any atom is 0.297 e. The van der Waals surface area contributed by atoms with Gasteiger partial charge in [0.1, 0.15) is 42.6 Å². The first-order valence-corrected chi connectivity index (χ1v) is 37.0. The molecule has 0 radical (unpaired) electrons. The molecular formula is C59H93BrO15SSi2. The molecule has 0 aromatic heterocycles. The van der Waals surface area contributed by atoms with E-state index in [1.165, 1.54) is 0 Å². The fourth-order valence-electron chi connectivity index (χ4n) is 12.3. The summed E-state index contributed by atoms with van der Waals surface area (Å²) in [6, 6.07) is 6.62. The van der Waals surface area contributed by atoms with Crippen LogP contribution in [0.2, 0.25) is 36.3 Å². The molecule has 9 rings (SSSR count). The number of halogens is 1. The van der Waals surface area contributed by atoms with Crippen LogP contribution in [0.1, 0.15) is 138 Å². The number of aldehydes is 1. The Bertz CT molecular complexity index is 2410. The molecule has 1 aromatic rings. The number of hydrogen-bond acceptors (Lipinski definition) is 15. The van der Waals surface area contributed by atoms with Gasteiger partial charge in [-0.3, -0.25) is 8.98 Å². The molecule has 0 amide bonds. The van der Waals surface area contributed by atoms with Crippen LogP contribution in [-0.4, -0.2) is 148 Å². The minimum atomic E-state index is -4.01. The number of hydrogen-bond donors (Lipinski definition) is 0. The zero-order valence-corrected chi connectivity index (χ0v) is 53.5. The minimum absolute atomic E-state index is 0.0117. The number of Topliss-reactive ketones (excluding diaryl/α,β-unsaturated/α-hetero) is 1. The third-order valence-electron chi connectivity index (χ3n) is 18.9. The van der Waals surface area contributed by atoms with Crippen molar-refractivity contribution in [1.29, 1.82) is 0 Å². The van der Waals surface area contributed by atoms with Crippen LogP contribution in [0, 0.1) is 18.8 Å². The van der Waals surface area contributed by atoms with Crippen molar-refractivity contribution in [2.45, 2.75) is 278 Å². The lowest BCUT2D eigenvalue weighted by atomic mass is 9.81. The molecule has 78 heavy (non-hydrogen) atoms. The first-order valence-electron chi connectivity index (χ1n) is 28.9. The smallest absolute Gasteiger partial charge is 0.297 e. The summed E-state index contributed by atoms with van der Waals surface area (Å²) in [5.41, 5.74) is 1.96. The van der Waals surface area contributed by atoms with Gasteiger partial charge in [0, 0.05) is 58.0 Å². The van der Waals surface area contributed by atoms with Crippen LogP contribution >= 0.6 is 15.9 Å². The van der Waals surface area contributed by atoms with E-state index in [9.17, 15) is 18.0 Å². The second kappa shape index (κ2) is 24.6. The molecule has 0 saturated carbocycles. The van der Waals surface area contributed by atoms with Crippen molar-refractivity contribution in [2.24, 2.45) is 11.8 Å². The van der Waals surface area contributed by atoms with Crippen molar-refractivity contribution < 1.29 is 68.9 Å². The Morgan fingerprint density at radius 3 is 2.18 bits per heavy atom. The first-order chi connectivity index (χ1) is 36.5. The Morgan fingerprint density at radius 1 is 0.859 bits per heavy atom. The van der Waals surface area contributed by atoms with Gasteiger partial charge in [-0.1, -0.05) is 95.6 Å². The molecule has 6 bridgehead atoms. The second-order valence-electron chi connectivity index (χ2n) is 26.7. The molecule has 8 fully saturated rings. The molecule has 440 valence electrons. The van der Waals surface area contributed by atoms with Crippen LogP contribution in [0.15, 0.2) is 51.9 Å². The SMILES string of the molecule is C=C1[C@H](C)C[C@H](CCC=O)O[C@@H]1C[C@@H]1O[C@H](C[C@@H](CO[Si](C)(C)C(C)(C)C)O[Si](C)(C)C(C)(C)C)[C@H](OC)[C@H]1CC(=O)C[C@H]1CC[C@@H]2O[C@@H]3[C@H]4O[C@@H]5C[C@@](C=C(Br)CC(CC)OS(=O)(=O)c6ccc(C)cc6)(O[C@H]4[C@H]2O1)O[C@H]35. The van der Waals surface area contributed by atoms with Crippen molar-refractivity contribution in [1.82, 2.24) is 0 Å². The monoisotopic (exact) mass is 1210 g/mol. The molecular weight excluding hydrogens is 1120 g/mol. The van der Waals surface area contributed by atoms with E-state index in [4.69, 9.17) is 50.9 Å². The highest BCUT2D eigenvalue weighted by atomic mass is 79.9. The van der Waals surface area contributed by atoms with Gasteiger partial charge >= 0.3 is 0 Å². The van der Waals surface area contributed by atoms with Crippen molar-refractivity contribution in [3.63, 3.8) is 0 Å². The normalized spacial score (nSPS) is 36.1. The number of fused-ring (bicyclic) bond motifs is 1. The number of ketones is 1. The molecule has 8 heterocycles. The molecule has 1 aromatic carbocycles. The summed E-state index contributed by atoms with van der Waals surface area (Å²) in [5.74, 6) is -1.24. The van der Waals surface area contributed by atoms with Gasteiger partial charge in [0.2, 0.25) is 0 Å². The Labute approximate surface area is 477 Å². The Morgan fingerprint density at radius 2 is 1.53 bits per heavy atom. The van der Waals surface area contributed by atoms with Gasteiger partial charge in [-0.15, -0.1) is 0 Å². The highest BCUT2D eigenvalue weighted by Crippen LogP contribution is 2.54. The Hall–Kier alpha value is -1.54. The largest absolute Gasteiger partial charge is 0.414 e. The maximum absolute atomic E-state index is 14.8. The zero-order valence-electron chi connectivity index (χ0n) is 49.1. The van der Waals surface area contributed by atoms with Crippen molar-refractivity contribution in [3.8, 4) is 0 Å². The summed E-state index contributed by atoms with van der Waals surface area (Å²) in [6.45, 7) is 33.5. The van der Waals surface area contributed by atoms with Crippen LogP contribution in [-0.2, 0) is 70.6 Å². The van der Waals surface area contributed by atoms with Gasteiger partial charge in [-0.25, -0.2) is 0 Å². The van der Waals surface area contributed by atoms with Gasteiger partial charge < -0.3 is 51.5 Å². The van der Waals surface area contributed by atoms with Crippen LogP contribution in [0.25, 0.3) is 0 Å². The van der Waals surface area contributed by atoms with E-state index < -0.39 is 75.3 Å². The van der Waals surface area contributed by atoms with Crippen molar-refractivity contribution in [3.05, 3.63) is 52.5 Å². The molecule has 0 N–H and O–H groups in total. The molecule has 0 aliphatic carbocycles. The number of carbonyl (C=O) groups excluding carboxylic acids is 2. The third-order valence-corrected chi connectivity index (χ3v) is 29.8. The van der Waals surface area contributed by atoms with E-state index in [2.05, 4.69) is 97.2 Å². The van der Waals surface area contributed by atoms with E-state index in [1.807, 2.05) is 19.9 Å². The number of carbonyl (C=O) groups is 2. The number of aryl methyl sites for hydroxylation is 1. The van der Waals surface area contributed by atoms with E-state index >= 15 is 0 Å². The van der Waals surface area contributed by atoms with E-state index in [0.717, 1.165) is 23.8 Å². The highest BCUT2D eigenvalue weighted by Gasteiger charge is 2.68. The van der Waals surface area contributed by atoms with Gasteiger partial charge in [0.05, 0.1) is 72.5 Å². The fraction of sp³-hybridized carbons (Fsp3) is 0.797.